The van der Waals surface area contributed by atoms with Gasteiger partial charge in [-0.05, 0) is 25.9 Å². The third-order valence-electron chi connectivity index (χ3n) is 2.20. The van der Waals surface area contributed by atoms with Gasteiger partial charge < -0.3 is 10.4 Å². The fraction of sp³-hybridized carbons (Fsp3) is 0.833. The fourth-order valence-corrected chi connectivity index (χ4v) is 2.32. The van der Waals surface area contributed by atoms with Gasteiger partial charge in [-0.3, -0.25) is 4.79 Å². The molecule has 0 saturated carbocycles. The lowest BCUT2D eigenvalue weighted by atomic mass is 9.90. The van der Waals surface area contributed by atoms with Crippen LogP contribution in [0.2, 0.25) is 0 Å². The van der Waals surface area contributed by atoms with Gasteiger partial charge in [0.15, 0.2) is 0 Å². The highest BCUT2D eigenvalue weighted by Gasteiger charge is 2.42. The number of piperidine rings is 1. The van der Waals surface area contributed by atoms with Crippen LogP contribution in [-0.4, -0.2) is 38.1 Å². The van der Waals surface area contributed by atoms with E-state index in [0.29, 0.717) is 13.1 Å². The van der Waals surface area contributed by atoms with Crippen molar-refractivity contribution in [1.82, 2.24) is 10.0 Å². The van der Waals surface area contributed by atoms with Gasteiger partial charge in [-0.15, -0.1) is 0 Å². The Morgan fingerprint density at radius 2 is 1.93 bits per heavy atom. The van der Waals surface area contributed by atoms with E-state index in [1.54, 1.807) is 0 Å². The minimum absolute atomic E-state index is 0.193. The van der Waals surface area contributed by atoms with E-state index in [1.807, 2.05) is 4.72 Å². The highest BCUT2D eigenvalue weighted by molar-refractivity contribution is 7.87. The van der Waals surface area contributed by atoms with Gasteiger partial charge in [0.2, 0.25) is 0 Å². The van der Waals surface area contributed by atoms with Crippen LogP contribution in [0, 0.1) is 0 Å². The Bertz CT molecular complexity index is 320. The van der Waals surface area contributed by atoms with E-state index in [9.17, 15) is 13.2 Å². The maximum Gasteiger partial charge on any atom is 0.325 e. The number of hydrogen-bond acceptors (Lipinski definition) is 4. The average molecular weight is 223 g/mol. The molecule has 82 valence electrons. The van der Waals surface area contributed by atoms with Crippen molar-refractivity contribution in [3.8, 4) is 0 Å². The summed E-state index contributed by atoms with van der Waals surface area (Å²) < 4.78 is 23.6. The second-order valence-corrected chi connectivity index (χ2v) is 4.58. The first-order valence-electron chi connectivity index (χ1n) is 4.12. The summed E-state index contributed by atoms with van der Waals surface area (Å²) in [6.45, 7) is 0.906. The number of nitrogens with two attached hydrogens (primary N) is 1. The number of carboxylic acid groups (broad SMARTS) is 1. The molecule has 1 aliphatic rings. The van der Waals surface area contributed by atoms with E-state index in [4.69, 9.17) is 10.2 Å². The van der Waals surface area contributed by atoms with Crippen molar-refractivity contribution >= 4 is 16.2 Å². The molecule has 0 aliphatic carbocycles. The topological polar surface area (TPSA) is 122 Å². The minimum atomic E-state index is -3.99. The second-order valence-electron chi connectivity index (χ2n) is 3.28. The van der Waals surface area contributed by atoms with Crippen LogP contribution >= 0.6 is 0 Å². The number of carboxylic acids is 1. The fourth-order valence-electron chi connectivity index (χ4n) is 1.49. The molecule has 0 aromatic rings. The molecule has 1 saturated heterocycles. The van der Waals surface area contributed by atoms with Crippen molar-refractivity contribution < 1.29 is 18.3 Å². The van der Waals surface area contributed by atoms with Crippen LogP contribution in [0.3, 0.4) is 0 Å². The Labute approximate surface area is 81.8 Å². The van der Waals surface area contributed by atoms with Crippen LogP contribution in [0.5, 0.6) is 0 Å². The molecule has 0 unspecified atom stereocenters. The van der Waals surface area contributed by atoms with Crippen molar-refractivity contribution in [1.29, 1.82) is 0 Å². The third kappa shape index (κ3) is 2.64. The zero-order chi connectivity index (χ0) is 10.8. The highest BCUT2D eigenvalue weighted by atomic mass is 32.2. The average Bonchev–Trinajstić information content (AvgIpc) is 2.02. The summed E-state index contributed by atoms with van der Waals surface area (Å²) in [6, 6.07) is 0. The molecule has 0 aromatic heterocycles. The summed E-state index contributed by atoms with van der Waals surface area (Å²) in [4.78, 5) is 10.9. The van der Waals surface area contributed by atoms with Gasteiger partial charge in [0.05, 0.1) is 0 Å². The summed E-state index contributed by atoms with van der Waals surface area (Å²) in [6.07, 6.45) is 0.386. The number of aliphatic carboxylic acids is 1. The first-order valence-corrected chi connectivity index (χ1v) is 5.66. The van der Waals surface area contributed by atoms with Crippen molar-refractivity contribution in [2.24, 2.45) is 5.14 Å². The summed E-state index contributed by atoms with van der Waals surface area (Å²) in [5.74, 6) is -1.19. The molecule has 0 bridgehead atoms. The molecule has 1 heterocycles. The van der Waals surface area contributed by atoms with Crippen molar-refractivity contribution in [3.05, 3.63) is 0 Å². The first kappa shape index (κ1) is 11.4. The van der Waals surface area contributed by atoms with Crippen LogP contribution in [-0.2, 0) is 15.0 Å². The second kappa shape index (κ2) is 3.81. The van der Waals surface area contributed by atoms with Crippen molar-refractivity contribution in [3.63, 3.8) is 0 Å². The zero-order valence-corrected chi connectivity index (χ0v) is 8.30. The Morgan fingerprint density at radius 1 is 1.43 bits per heavy atom. The predicted molar refractivity (Wildman–Crippen MR) is 48.7 cm³/mol. The van der Waals surface area contributed by atoms with Crippen LogP contribution in [0.4, 0.5) is 0 Å². The molecule has 1 rings (SSSR count). The summed E-state index contributed by atoms with van der Waals surface area (Å²) in [5.41, 5.74) is -1.45. The molecular weight excluding hydrogens is 210 g/mol. The number of carbonyl (C=O) groups is 1. The van der Waals surface area contributed by atoms with E-state index in [2.05, 4.69) is 5.32 Å². The lowest BCUT2D eigenvalue weighted by Crippen LogP contribution is -2.60. The molecule has 7 nitrogen and oxygen atoms in total. The number of hydrogen-bond donors (Lipinski definition) is 4. The molecule has 1 aliphatic heterocycles. The summed E-state index contributed by atoms with van der Waals surface area (Å²) in [7, 11) is -3.99. The zero-order valence-electron chi connectivity index (χ0n) is 7.49. The van der Waals surface area contributed by atoms with Gasteiger partial charge in [0.1, 0.15) is 5.54 Å². The van der Waals surface area contributed by atoms with Gasteiger partial charge in [-0.25, -0.2) is 5.14 Å². The number of rotatable bonds is 3. The summed E-state index contributed by atoms with van der Waals surface area (Å²) in [5, 5.41) is 16.6. The van der Waals surface area contributed by atoms with E-state index in [1.165, 1.54) is 0 Å². The van der Waals surface area contributed by atoms with Crippen LogP contribution in [0.15, 0.2) is 0 Å². The highest BCUT2D eigenvalue weighted by Crippen LogP contribution is 2.18. The van der Waals surface area contributed by atoms with Gasteiger partial charge in [-0.2, -0.15) is 13.1 Å². The molecule has 0 spiro atoms. The summed E-state index contributed by atoms with van der Waals surface area (Å²) >= 11 is 0. The van der Waals surface area contributed by atoms with Crippen LogP contribution in [0.25, 0.3) is 0 Å². The Morgan fingerprint density at radius 3 is 2.29 bits per heavy atom. The van der Waals surface area contributed by atoms with E-state index >= 15 is 0 Å². The quantitative estimate of drug-likeness (QED) is 0.440. The first-order chi connectivity index (χ1) is 6.36. The Hall–Kier alpha value is -0.700. The SMILES string of the molecule is NS(=O)(=O)NC1(C(=O)O)CCNCC1. The Kier molecular flexibility index (Phi) is 3.10. The lowest BCUT2D eigenvalue weighted by molar-refractivity contribution is -0.145. The maximum atomic E-state index is 10.9. The van der Waals surface area contributed by atoms with Gasteiger partial charge in [0, 0.05) is 0 Å². The Balaban J connectivity index is 2.87. The molecule has 0 atom stereocenters. The minimum Gasteiger partial charge on any atom is -0.480 e. The van der Waals surface area contributed by atoms with Gasteiger partial charge in [-0.1, -0.05) is 0 Å². The lowest BCUT2D eigenvalue weighted by Gasteiger charge is -2.33. The van der Waals surface area contributed by atoms with Crippen molar-refractivity contribution in [2.75, 3.05) is 13.1 Å². The standard InChI is InChI=1S/C6H13N3O4S/c7-14(12,13)9-6(5(10)11)1-3-8-4-2-6/h8-9H,1-4H2,(H,10,11)(H2,7,12,13). The molecule has 0 aromatic carbocycles. The predicted octanol–water partition coefficient (Wildman–Crippen LogP) is -2.01. The molecule has 14 heavy (non-hydrogen) atoms. The van der Waals surface area contributed by atoms with Crippen molar-refractivity contribution in [2.45, 2.75) is 18.4 Å². The monoisotopic (exact) mass is 223 g/mol. The van der Waals surface area contributed by atoms with Crippen LogP contribution < -0.4 is 15.2 Å². The smallest absolute Gasteiger partial charge is 0.325 e. The maximum absolute atomic E-state index is 10.9. The molecule has 0 amide bonds. The van der Waals surface area contributed by atoms with E-state index in [-0.39, 0.29) is 12.8 Å². The van der Waals surface area contributed by atoms with Gasteiger partial charge >= 0.3 is 5.97 Å². The molecular formula is C6H13N3O4S. The van der Waals surface area contributed by atoms with E-state index in [0.717, 1.165) is 0 Å². The largest absolute Gasteiger partial charge is 0.480 e. The molecule has 8 heteroatoms. The molecule has 1 fully saturated rings. The molecule has 0 radical (unpaired) electrons. The third-order valence-corrected chi connectivity index (χ3v) is 2.88. The normalized spacial score (nSPS) is 21.8. The van der Waals surface area contributed by atoms with Gasteiger partial charge in [0.25, 0.3) is 10.2 Å². The van der Waals surface area contributed by atoms with Crippen LogP contribution in [0.1, 0.15) is 12.8 Å². The van der Waals surface area contributed by atoms with E-state index < -0.39 is 21.7 Å². The molecule has 5 N–H and O–H groups in total. The number of nitrogens with one attached hydrogen (secondary N) is 2.